The summed E-state index contributed by atoms with van der Waals surface area (Å²) in [7, 11) is 2.59. The molecule has 0 spiro atoms. The van der Waals surface area contributed by atoms with Gasteiger partial charge in [-0.2, -0.15) is 0 Å². The maximum Gasteiger partial charge on any atom is 0.407 e. The maximum absolute atomic E-state index is 13.8. The van der Waals surface area contributed by atoms with Crippen LogP contribution in [-0.2, 0) is 23.8 Å². The zero-order valence-corrected chi connectivity index (χ0v) is 36.6. The number of benzene rings is 2. The second-order valence-electron chi connectivity index (χ2n) is 17.7. The molecule has 6 atom stereocenters. The number of aromatic nitrogens is 5. The molecule has 2 unspecified atom stereocenters. The van der Waals surface area contributed by atoms with Crippen molar-refractivity contribution in [1.29, 1.82) is 0 Å². The van der Waals surface area contributed by atoms with Crippen LogP contribution in [0.3, 0.4) is 0 Å². The number of ether oxygens (including phenoxy) is 3. The Labute approximate surface area is 365 Å². The maximum atomic E-state index is 13.8. The lowest BCUT2D eigenvalue weighted by Gasteiger charge is -2.30. The van der Waals surface area contributed by atoms with Crippen molar-refractivity contribution in [2.45, 2.75) is 103 Å². The summed E-state index contributed by atoms with van der Waals surface area (Å²) in [4.78, 5) is 76.8. The first-order chi connectivity index (χ1) is 30.4. The first kappa shape index (κ1) is 42.0. The molecule has 7 heterocycles. The number of methoxy groups -OCH3 is 2. The summed E-state index contributed by atoms with van der Waals surface area (Å²) < 4.78 is 16.1. The lowest BCUT2D eigenvalue weighted by molar-refractivity contribution is -0.136. The van der Waals surface area contributed by atoms with Gasteiger partial charge >= 0.3 is 12.2 Å². The number of alkyl carbamates (subject to hydrolysis) is 2. The zero-order valence-electron chi connectivity index (χ0n) is 36.6. The van der Waals surface area contributed by atoms with E-state index in [4.69, 9.17) is 29.2 Å². The molecule has 4 amide bonds. The lowest BCUT2D eigenvalue weighted by atomic mass is 9.82. The van der Waals surface area contributed by atoms with Crippen molar-refractivity contribution in [1.82, 2.24) is 45.4 Å². The van der Waals surface area contributed by atoms with Crippen molar-refractivity contribution in [2.75, 3.05) is 27.3 Å². The molecule has 3 aromatic heterocycles. The molecule has 0 aliphatic carbocycles. The van der Waals surface area contributed by atoms with Crippen molar-refractivity contribution in [3.8, 4) is 33.6 Å². The average molecular weight is 858 g/mol. The largest absolute Gasteiger partial charge is 0.453 e. The fourth-order valence-corrected chi connectivity index (χ4v) is 9.97. The Morgan fingerprint density at radius 3 is 1.87 bits per heavy atom. The van der Waals surface area contributed by atoms with Gasteiger partial charge in [0.25, 0.3) is 0 Å². The Hall–Kier alpha value is -6.29. The molecule has 4 aliphatic rings. The first-order valence-electron chi connectivity index (χ1n) is 22.1. The highest BCUT2D eigenvalue weighted by Crippen LogP contribution is 2.56. The summed E-state index contributed by atoms with van der Waals surface area (Å²) in [6.07, 6.45) is 7.49. The number of H-pyrrole nitrogens is 2. The molecule has 16 nitrogen and oxygen atoms in total. The predicted octanol–water partition coefficient (Wildman–Crippen LogP) is 7.68. The molecule has 3 saturated heterocycles. The van der Waals surface area contributed by atoms with Gasteiger partial charge in [0.2, 0.25) is 11.8 Å². The molecule has 0 saturated carbocycles. The lowest BCUT2D eigenvalue weighted by Crippen LogP contribution is -2.51. The standard InChI is InChI=1S/C47H55N9O7/c1-24(2)40(53-46(59)61-5)44(57)55-19-7-9-34(55)42-49-23-33(52-42)27-12-15-30(48-22-27)29-14-13-28(38-36-17-18-37(63-36)39(29)38)26-11-16-31-32(21-26)51-43(50-31)35-10-8-20-56(35)45(58)41(25(3)4)54-47(60)62-6/h11-16,21-25,34-37,40-41H,7-10,17-20H2,1-6H3,(H,49,52)(H,50,51)(H,53,59)(H,54,60)/t34-,35-,36?,37?,40-,41-/m0/s1. The first-order valence-corrected chi connectivity index (χ1v) is 22.1. The molecule has 63 heavy (non-hydrogen) atoms. The average Bonchev–Trinajstić information content (AvgIpc) is 4.16. The van der Waals surface area contributed by atoms with E-state index in [0.717, 1.165) is 89.0 Å². The topological polar surface area (TPSA) is 197 Å². The Balaban J connectivity index is 0.949. The molecule has 4 aliphatic heterocycles. The molecule has 16 heteroatoms. The fourth-order valence-electron chi connectivity index (χ4n) is 9.97. The van der Waals surface area contributed by atoms with Gasteiger partial charge in [0, 0.05) is 30.4 Å². The van der Waals surface area contributed by atoms with E-state index in [2.05, 4.69) is 44.9 Å². The van der Waals surface area contributed by atoms with Gasteiger partial charge in [-0.1, -0.05) is 45.9 Å². The molecule has 9 rings (SSSR count). The van der Waals surface area contributed by atoms with E-state index < -0.39 is 24.3 Å². The number of fused-ring (bicyclic) bond motifs is 6. The molecule has 2 bridgehead atoms. The quantitative estimate of drug-likeness (QED) is 0.102. The van der Waals surface area contributed by atoms with E-state index in [1.165, 1.54) is 25.3 Å². The van der Waals surface area contributed by atoms with Gasteiger partial charge in [0.1, 0.15) is 23.7 Å². The molecular weight excluding hydrogens is 803 g/mol. The Kier molecular flexibility index (Phi) is 11.4. The molecular formula is C47H55N9O7. The van der Waals surface area contributed by atoms with E-state index in [0.29, 0.717) is 18.9 Å². The third-order valence-electron chi connectivity index (χ3n) is 13.2. The number of likely N-dealkylation sites (tertiary alicyclic amines) is 2. The van der Waals surface area contributed by atoms with Crippen molar-refractivity contribution >= 4 is 35.0 Å². The number of nitrogens with one attached hydrogen (secondary N) is 4. The van der Waals surface area contributed by atoms with Gasteiger partial charge in [-0.15, -0.1) is 0 Å². The van der Waals surface area contributed by atoms with Crippen LogP contribution in [0.5, 0.6) is 0 Å². The van der Waals surface area contributed by atoms with Crippen LogP contribution in [0.1, 0.15) is 113 Å². The fraction of sp³-hybridized carbons (Fsp3) is 0.468. The van der Waals surface area contributed by atoms with Crippen LogP contribution in [0.15, 0.2) is 54.9 Å². The summed E-state index contributed by atoms with van der Waals surface area (Å²) >= 11 is 0. The number of hydrogen-bond donors (Lipinski definition) is 4. The molecule has 5 aromatic rings. The number of carbonyl (C=O) groups is 4. The number of nitrogens with zero attached hydrogens (tertiary/aromatic N) is 5. The summed E-state index contributed by atoms with van der Waals surface area (Å²) in [5, 5.41) is 5.43. The Morgan fingerprint density at radius 1 is 0.698 bits per heavy atom. The SMILES string of the molecule is COC(=O)N[C@H](C(=O)N1CCC[C@H]1c1ncc(-c2ccc(-c3ccc(-c4ccc5nc([C@@H]6CCCN6C(=O)[C@@H](NC(=O)OC)C(C)C)[nH]c5c4)c4c3C3CCC4O3)nc2)[nH]1)C(C)C. The smallest absolute Gasteiger partial charge is 0.407 e. The van der Waals surface area contributed by atoms with Gasteiger partial charge in [-0.25, -0.2) is 19.6 Å². The second-order valence-corrected chi connectivity index (χ2v) is 17.7. The van der Waals surface area contributed by atoms with Gasteiger partial charge in [-0.05, 0) is 96.9 Å². The third-order valence-corrected chi connectivity index (χ3v) is 13.2. The Morgan fingerprint density at radius 2 is 1.29 bits per heavy atom. The van der Waals surface area contributed by atoms with Crippen molar-refractivity contribution in [2.24, 2.45) is 11.8 Å². The number of pyridine rings is 1. The highest BCUT2D eigenvalue weighted by atomic mass is 16.5. The van der Waals surface area contributed by atoms with Crippen LogP contribution in [0.25, 0.3) is 44.7 Å². The molecule has 330 valence electrons. The second kappa shape index (κ2) is 17.1. The monoisotopic (exact) mass is 857 g/mol. The number of hydrogen-bond acceptors (Lipinski definition) is 10. The predicted molar refractivity (Wildman–Crippen MR) is 234 cm³/mol. The number of rotatable bonds is 11. The minimum absolute atomic E-state index is 0.00433. The number of carbonyl (C=O) groups excluding carboxylic acids is 4. The Bertz CT molecular complexity index is 2550. The number of imidazole rings is 2. The van der Waals surface area contributed by atoms with Crippen LogP contribution in [0, 0.1) is 11.8 Å². The summed E-state index contributed by atoms with van der Waals surface area (Å²) in [6, 6.07) is 12.8. The van der Waals surface area contributed by atoms with Crippen LogP contribution in [-0.4, -0.2) is 98.1 Å². The highest BCUT2D eigenvalue weighted by Gasteiger charge is 2.43. The molecule has 0 radical (unpaired) electrons. The molecule has 4 N–H and O–H groups in total. The summed E-state index contributed by atoms with van der Waals surface area (Å²) in [5.74, 6) is 0.908. The van der Waals surface area contributed by atoms with Crippen molar-refractivity contribution < 1.29 is 33.4 Å². The van der Waals surface area contributed by atoms with Gasteiger partial charge in [0.15, 0.2) is 0 Å². The van der Waals surface area contributed by atoms with E-state index in [-0.39, 0.29) is 47.9 Å². The summed E-state index contributed by atoms with van der Waals surface area (Å²) in [6.45, 7) is 8.79. The normalized spacial score (nSPS) is 21.3. The van der Waals surface area contributed by atoms with Gasteiger partial charge < -0.3 is 44.6 Å². The minimum atomic E-state index is -0.704. The highest BCUT2D eigenvalue weighted by molar-refractivity contribution is 5.88. The minimum Gasteiger partial charge on any atom is -0.453 e. The van der Waals surface area contributed by atoms with Crippen LogP contribution in [0.2, 0.25) is 0 Å². The summed E-state index contributed by atoms with van der Waals surface area (Å²) in [5.41, 5.74) is 9.86. The third kappa shape index (κ3) is 7.78. The van der Waals surface area contributed by atoms with Crippen molar-refractivity contribution in [3.05, 3.63) is 77.6 Å². The van der Waals surface area contributed by atoms with Crippen LogP contribution >= 0.6 is 0 Å². The zero-order chi connectivity index (χ0) is 44.1. The van der Waals surface area contributed by atoms with Crippen LogP contribution < -0.4 is 10.6 Å². The van der Waals surface area contributed by atoms with Gasteiger partial charge in [-0.3, -0.25) is 14.6 Å². The van der Waals surface area contributed by atoms with Gasteiger partial charge in [0.05, 0.1) is 67.1 Å². The van der Waals surface area contributed by atoms with E-state index in [9.17, 15) is 19.2 Å². The number of aromatic amines is 2. The number of amides is 4. The van der Waals surface area contributed by atoms with E-state index in [1.54, 1.807) is 11.1 Å². The van der Waals surface area contributed by atoms with Crippen molar-refractivity contribution in [3.63, 3.8) is 0 Å². The van der Waals surface area contributed by atoms with Crippen LogP contribution in [0.4, 0.5) is 9.59 Å². The van der Waals surface area contributed by atoms with E-state index >= 15 is 0 Å². The molecule has 3 fully saturated rings. The van der Waals surface area contributed by atoms with E-state index in [1.807, 2.05) is 57.0 Å². The molecule has 2 aromatic carbocycles.